The van der Waals surface area contributed by atoms with Gasteiger partial charge in [0.05, 0.1) is 25.9 Å². The Morgan fingerprint density at radius 3 is 2.56 bits per heavy atom. The molecule has 7 heteroatoms. The van der Waals surface area contributed by atoms with Crippen molar-refractivity contribution in [2.45, 2.75) is 6.04 Å². The van der Waals surface area contributed by atoms with Crippen LogP contribution in [0.5, 0.6) is 11.5 Å². The summed E-state index contributed by atoms with van der Waals surface area (Å²) in [6.07, 6.45) is 0. The van der Waals surface area contributed by atoms with Gasteiger partial charge < -0.3 is 20.3 Å². The lowest BCUT2D eigenvalue weighted by molar-refractivity contribution is -0.142. The summed E-state index contributed by atoms with van der Waals surface area (Å²) in [4.78, 5) is 11.3. The van der Waals surface area contributed by atoms with E-state index in [9.17, 15) is 9.90 Å². The highest BCUT2D eigenvalue weighted by Crippen LogP contribution is 2.35. The average Bonchev–Trinajstić information content (AvgIpc) is 2.36. The summed E-state index contributed by atoms with van der Waals surface area (Å²) in [5, 5.41) is 18.8. The first-order valence-corrected chi connectivity index (χ1v) is 4.70. The molecule has 18 heavy (non-hydrogen) atoms. The molecule has 0 spiro atoms. The molecule has 0 saturated heterocycles. The van der Waals surface area contributed by atoms with Gasteiger partial charge in [-0.25, -0.2) is 0 Å². The van der Waals surface area contributed by atoms with Gasteiger partial charge in [0, 0.05) is 5.56 Å². The smallest absolute Gasteiger partial charge is 0.327 e. The predicted molar refractivity (Wildman–Crippen MR) is 65.6 cm³/mol. The van der Waals surface area contributed by atoms with E-state index in [1.165, 1.54) is 26.4 Å². The Bertz CT molecular complexity index is 485. The van der Waals surface area contributed by atoms with Crippen LogP contribution in [0.3, 0.4) is 0 Å². The second kappa shape index (κ2) is 6.69. The molecule has 6 nitrogen and oxygen atoms in total. The van der Waals surface area contributed by atoms with Gasteiger partial charge in [-0.3, -0.25) is 4.79 Å². The zero-order valence-electron chi connectivity index (χ0n) is 9.84. The van der Waals surface area contributed by atoms with Crippen LogP contribution in [0.4, 0.5) is 0 Å². The van der Waals surface area contributed by atoms with Crippen LogP contribution in [-0.2, 0) is 9.53 Å². The van der Waals surface area contributed by atoms with Crippen LogP contribution in [-0.4, -0.2) is 25.3 Å². The molecule has 0 aliphatic rings. The Labute approximate surface area is 110 Å². The molecule has 1 atom stereocenters. The normalized spacial score (nSPS) is 10.8. The molecule has 0 fully saturated rings. The van der Waals surface area contributed by atoms with Crippen LogP contribution in [0, 0.1) is 11.3 Å². The minimum absolute atomic E-state index is 0. The molecule has 0 radical (unpaired) electrons. The number of phenols is 1. The van der Waals surface area contributed by atoms with Gasteiger partial charge in [0.2, 0.25) is 0 Å². The van der Waals surface area contributed by atoms with Gasteiger partial charge >= 0.3 is 5.97 Å². The van der Waals surface area contributed by atoms with Crippen molar-refractivity contribution in [2.24, 2.45) is 5.73 Å². The third kappa shape index (κ3) is 2.83. The van der Waals surface area contributed by atoms with E-state index in [-0.39, 0.29) is 35.0 Å². The lowest BCUT2D eigenvalue weighted by Crippen LogP contribution is -2.23. The number of nitrogens with zero attached hydrogens (tertiary/aromatic N) is 1. The number of aromatic hydroxyl groups is 1. The molecule has 0 bridgehead atoms. The maximum atomic E-state index is 11.3. The Balaban J connectivity index is 0.00000289. The summed E-state index contributed by atoms with van der Waals surface area (Å²) in [5.74, 6) is -0.937. The van der Waals surface area contributed by atoms with Gasteiger partial charge in [0.25, 0.3) is 0 Å². The minimum atomic E-state index is -1.23. The second-order valence-corrected chi connectivity index (χ2v) is 3.19. The van der Waals surface area contributed by atoms with Crippen molar-refractivity contribution in [3.05, 3.63) is 23.3 Å². The highest BCUT2D eigenvalue weighted by Gasteiger charge is 2.25. The molecule has 1 aromatic carbocycles. The first-order valence-electron chi connectivity index (χ1n) is 4.70. The number of nitrogens with two attached hydrogens (primary N) is 1. The number of hydrogen-bond donors (Lipinski definition) is 2. The first-order chi connectivity index (χ1) is 8.06. The van der Waals surface area contributed by atoms with Crippen molar-refractivity contribution in [1.82, 2.24) is 0 Å². The van der Waals surface area contributed by atoms with Crippen molar-refractivity contribution >= 4 is 18.4 Å². The Morgan fingerprint density at radius 1 is 1.50 bits per heavy atom. The Kier molecular flexibility index (Phi) is 5.96. The molecule has 98 valence electrons. The van der Waals surface area contributed by atoms with E-state index in [4.69, 9.17) is 15.7 Å². The fourth-order valence-corrected chi connectivity index (χ4v) is 1.41. The number of halogens is 1. The van der Waals surface area contributed by atoms with E-state index in [0.717, 1.165) is 0 Å². The first kappa shape index (κ1) is 16.0. The summed E-state index contributed by atoms with van der Waals surface area (Å²) in [5.41, 5.74) is 5.71. The highest BCUT2D eigenvalue weighted by molar-refractivity contribution is 5.85. The molecule has 1 rings (SSSR count). The standard InChI is InChI=1S/C11H12N2O4.ClH/c1-16-7-4-3-6(5-12)8(10(7)14)9(13)11(15)17-2;/h3-4,9,14H,13H2,1-2H3;1H/t9-;/m0./s1. The van der Waals surface area contributed by atoms with Gasteiger partial charge in [0.1, 0.15) is 6.04 Å². The van der Waals surface area contributed by atoms with Gasteiger partial charge in [-0.15, -0.1) is 12.4 Å². The molecule has 0 aliphatic heterocycles. The summed E-state index contributed by atoms with van der Waals surface area (Å²) < 4.78 is 9.35. The number of hydrogen-bond acceptors (Lipinski definition) is 6. The molecular weight excluding hydrogens is 260 g/mol. The number of methoxy groups -OCH3 is 2. The van der Waals surface area contributed by atoms with E-state index < -0.39 is 12.0 Å². The van der Waals surface area contributed by atoms with Crippen molar-refractivity contribution in [2.75, 3.05) is 14.2 Å². The molecule has 1 aromatic rings. The van der Waals surface area contributed by atoms with Crippen molar-refractivity contribution < 1.29 is 19.4 Å². The predicted octanol–water partition coefficient (Wildman–Crippen LogP) is 0.867. The fraction of sp³-hybridized carbons (Fsp3) is 0.273. The lowest BCUT2D eigenvalue weighted by atomic mass is 10.00. The van der Waals surface area contributed by atoms with Crippen molar-refractivity contribution in [1.29, 1.82) is 5.26 Å². The van der Waals surface area contributed by atoms with E-state index >= 15 is 0 Å². The van der Waals surface area contributed by atoms with Gasteiger partial charge in [-0.2, -0.15) is 5.26 Å². The highest BCUT2D eigenvalue weighted by atomic mass is 35.5. The Morgan fingerprint density at radius 2 is 2.11 bits per heavy atom. The molecule has 0 saturated carbocycles. The molecule has 0 aliphatic carbocycles. The molecule has 0 amide bonds. The van der Waals surface area contributed by atoms with Crippen LogP contribution in [0.15, 0.2) is 12.1 Å². The van der Waals surface area contributed by atoms with Crippen LogP contribution in [0.1, 0.15) is 17.2 Å². The van der Waals surface area contributed by atoms with Crippen LogP contribution < -0.4 is 10.5 Å². The fourth-order valence-electron chi connectivity index (χ4n) is 1.41. The summed E-state index contributed by atoms with van der Waals surface area (Å²) in [6.45, 7) is 0. The topological polar surface area (TPSA) is 106 Å². The molecule has 0 heterocycles. The maximum Gasteiger partial charge on any atom is 0.327 e. The van der Waals surface area contributed by atoms with Crippen molar-refractivity contribution in [3.8, 4) is 17.6 Å². The minimum Gasteiger partial charge on any atom is -0.504 e. The number of esters is 1. The summed E-state index contributed by atoms with van der Waals surface area (Å²) in [7, 11) is 2.53. The number of phenolic OH excluding ortho intramolecular Hbond substituents is 1. The lowest BCUT2D eigenvalue weighted by Gasteiger charge is -2.15. The molecular formula is C11H13ClN2O4. The largest absolute Gasteiger partial charge is 0.504 e. The second-order valence-electron chi connectivity index (χ2n) is 3.19. The third-order valence-electron chi connectivity index (χ3n) is 2.29. The zero-order valence-corrected chi connectivity index (χ0v) is 10.7. The van der Waals surface area contributed by atoms with Crippen molar-refractivity contribution in [3.63, 3.8) is 0 Å². The molecule has 0 unspecified atom stereocenters. The van der Waals surface area contributed by atoms with E-state index in [2.05, 4.69) is 4.74 Å². The quantitative estimate of drug-likeness (QED) is 0.791. The summed E-state index contributed by atoms with van der Waals surface area (Å²) in [6, 6.07) is 3.44. The zero-order chi connectivity index (χ0) is 13.0. The Hall–Kier alpha value is -1.97. The number of nitriles is 1. The van der Waals surface area contributed by atoms with Crippen LogP contribution in [0.2, 0.25) is 0 Å². The number of carbonyl (C=O) groups is 1. The van der Waals surface area contributed by atoms with Gasteiger partial charge in [0.15, 0.2) is 11.5 Å². The maximum absolute atomic E-state index is 11.3. The molecule has 0 aromatic heterocycles. The summed E-state index contributed by atoms with van der Waals surface area (Å²) >= 11 is 0. The number of carbonyl (C=O) groups excluding carboxylic acids is 1. The van der Waals surface area contributed by atoms with Crippen LogP contribution >= 0.6 is 12.4 Å². The number of benzene rings is 1. The van der Waals surface area contributed by atoms with Gasteiger partial charge in [-0.1, -0.05) is 0 Å². The third-order valence-corrected chi connectivity index (χ3v) is 2.29. The average molecular weight is 273 g/mol. The van der Waals surface area contributed by atoms with E-state index in [1.807, 2.05) is 6.07 Å². The van der Waals surface area contributed by atoms with E-state index in [0.29, 0.717) is 0 Å². The number of rotatable bonds is 3. The molecule has 3 N–H and O–H groups in total. The number of ether oxygens (including phenoxy) is 2. The SMILES string of the molecule is COC(=O)[C@@H](N)c1c(C#N)ccc(OC)c1O.Cl. The van der Waals surface area contributed by atoms with Gasteiger partial charge in [-0.05, 0) is 12.1 Å². The monoisotopic (exact) mass is 272 g/mol. The van der Waals surface area contributed by atoms with E-state index in [1.54, 1.807) is 0 Å². The van der Waals surface area contributed by atoms with Crippen LogP contribution in [0.25, 0.3) is 0 Å².